The van der Waals surface area contributed by atoms with E-state index in [1.807, 2.05) is 49.4 Å². The van der Waals surface area contributed by atoms with Gasteiger partial charge in [-0.3, -0.25) is 9.47 Å². The van der Waals surface area contributed by atoms with E-state index in [4.69, 9.17) is 14.8 Å². The quantitative estimate of drug-likeness (QED) is 0.234. The van der Waals surface area contributed by atoms with Gasteiger partial charge in [0.2, 0.25) is 0 Å². The van der Waals surface area contributed by atoms with Crippen LogP contribution in [-0.4, -0.2) is 66.2 Å². The number of hydrogen-bond acceptors (Lipinski definition) is 6. The van der Waals surface area contributed by atoms with Gasteiger partial charge in [-0.2, -0.15) is 10.2 Å². The molecule has 2 amide bonds. The van der Waals surface area contributed by atoms with Gasteiger partial charge in [0.25, 0.3) is 5.95 Å². The maximum Gasteiger partial charge on any atom is 0.416 e. The molecule has 1 aliphatic rings. The maximum absolute atomic E-state index is 15.7. The van der Waals surface area contributed by atoms with Crippen LogP contribution >= 0.6 is 0 Å². The molecule has 2 atom stereocenters. The summed E-state index contributed by atoms with van der Waals surface area (Å²) in [6.07, 6.45) is -2.99. The lowest BCUT2D eigenvalue weighted by Crippen LogP contribution is -2.43. The molecule has 5 aromatic rings. The number of fused-ring (bicyclic) bond motifs is 2. The molecule has 1 saturated heterocycles. The Balaban J connectivity index is 1.59. The van der Waals surface area contributed by atoms with E-state index >= 15 is 4.39 Å². The summed E-state index contributed by atoms with van der Waals surface area (Å²) in [5, 5.41) is 24.8. The van der Waals surface area contributed by atoms with E-state index in [9.17, 15) is 20.0 Å². The molecule has 11 nitrogen and oxygen atoms in total. The van der Waals surface area contributed by atoms with Crippen molar-refractivity contribution in [2.24, 2.45) is 0 Å². The summed E-state index contributed by atoms with van der Waals surface area (Å²) in [6.45, 7) is 7.29. The number of nitrogens with zero attached hydrogens (tertiary/aromatic N) is 7. The molecule has 1 N–H and O–H groups in total. The summed E-state index contributed by atoms with van der Waals surface area (Å²) in [5.41, 5.74) is 2.97. The normalized spacial score (nSPS) is 16.8. The lowest BCUT2D eigenvalue weighted by molar-refractivity contribution is 0.0576. The van der Waals surface area contributed by atoms with Gasteiger partial charge >= 0.3 is 12.2 Å². The number of benzene rings is 2. The van der Waals surface area contributed by atoms with Crippen LogP contribution in [-0.2, 0) is 11.3 Å². The minimum Gasteiger partial charge on any atom is -0.465 e. The Morgan fingerprint density at radius 1 is 1.11 bits per heavy atom. The monoisotopic (exact) mass is 623 g/mol. The molecule has 0 saturated carbocycles. The van der Waals surface area contributed by atoms with E-state index in [1.165, 1.54) is 4.90 Å². The van der Waals surface area contributed by atoms with Crippen LogP contribution < -0.4 is 4.90 Å². The van der Waals surface area contributed by atoms with Crippen LogP contribution in [0.15, 0.2) is 66.7 Å². The highest BCUT2D eigenvalue weighted by atomic mass is 19.1. The minimum atomic E-state index is -1.47. The Bertz CT molecular complexity index is 1990. The van der Waals surface area contributed by atoms with Crippen LogP contribution in [0.3, 0.4) is 0 Å². The molecule has 1 aliphatic heterocycles. The van der Waals surface area contributed by atoms with Crippen molar-refractivity contribution in [3.8, 4) is 12.0 Å². The van der Waals surface area contributed by atoms with Crippen LogP contribution in [0.1, 0.15) is 55.6 Å². The van der Waals surface area contributed by atoms with E-state index in [0.29, 0.717) is 22.3 Å². The SMILES string of the molecule is Cc1cc2c(C#N)cccc2n1-c1nc(N(Cc2ccccc2)C(=O)OC(C)(C)C)c2ccc(C3CCN(C(=O)O)CC3F)n2n1. The molecule has 2 unspecified atom stereocenters. The van der Waals surface area contributed by atoms with Crippen molar-refractivity contribution in [1.82, 2.24) is 24.1 Å². The molecule has 0 spiro atoms. The number of anilines is 1. The van der Waals surface area contributed by atoms with Gasteiger partial charge in [0.05, 0.1) is 30.2 Å². The van der Waals surface area contributed by atoms with Crippen LogP contribution in [0.5, 0.6) is 0 Å². The van der Waals surface area contributed by atoms with E-state index in [-0.39, 0.29) is 37.8 Å². The zero-order valence-corrected chi connectivity index (χ0v) is 26.0. The fourth-order valence-electron chi connectivity index (χ4n) is 6.01. The van der Waals surface area contributed by atoms with Crippen molar-refractivity contribution in [2.75, 3.05) is 18.0 Å². The molecule has 12 heteroatoms. The lowest BCUT2D eigenvalue weighted by Gasteiger charge is -2.33. The fourth-order valence-corrected chi connectivity index (χ4v) is 6.01. The highest BCUT2D eigenvalue weighted by molar-refractivity contribution is 5.92. The van der Waals surface area contributed by atoms with Crippen LogP contribution in [0.25, 0.3) is 22.4 Å². The number of carbonyl (C=O) groups excluding carboxylic acids is 1. The predicted molar refractivity (Wildman–Crippen MR) is 170 cm³/mol. The Hall–Kier alpha value is -5.44. The Morgan fingerprint density at radius 3 is 2.54 bits per heavy atom. The van der Waals surface area contributed by atoms with Crippen molar-refractivity contribution in [2.45, 2.75) is 58.4 Å². The number of carbonyl (C=O) groups is 2. The van der Waals surface area contributed by atoms with E-state index < -0.39 is 29.9 Å². The third kappa shape index (κ3) is 5.72. The summed E-state index contributed by atoms with van der Waals surface area (Å²) in [7, 11) is 0. The van der Waals surface area contributed by atoms with Crippen molar-refractivity contribution in [1.29, 1.82) is 5.26 Å². The molecule has 3 aromatic heterocycles. The van der Waals surface area contributed by atoms with Gasteiger partial charge in [-0.1, -0.05) is 36.4 Å². The first-order valence-electron chi connectivity index (χ1n) is 15.0. The first-order chi connectivity index (χ1) is 21.9. The molecular weight excluding hydrogens is 589 g/mol. The maximum atomic E-state index is 15.7. The Morgan fingerprint density at radius 2 is 1.87 bits per heavy atom. The Labute approximate surface area is 265 Å². The van der Waals surface area contributed by atoms with Gasteiger partial charge in [0.1, 0.15) is 17.3 Å². The largest absolute Gasteiger partial charge is 0.465 e. The first kappa shape index (κ1) is 30.6. The number of alkyl halides is 1. The second-order valence-electron chi connectivity index (χ2n) is 12.5. The molecule has 6 rings (SSSR count). The second-order valence-corrected chi connectivity index (χ2v) is 12.5. The number of piperidine rings is 1. The van der Waals surface area contributed by atoms with Gasteiger partial charge in [0.15, 0.2) is 5.82 Å². The second kappa shape index (κ2) is 11.8. The number of amides is 2. The van der Waals surface area contributed by atoms with Gasteiger partial charge in [0, 0.05) is 29.2 Å². The zero-order valence-electron chi connectivity index (χ0n) is 26.0. The van der Waals surface area contributed by atoms with E-state index in [2.05, 4.69) is 6.07 Å². The number of aromatic nitrogens is 4. The summed E-state index contributed by atoms with van der Waals surface area (Å²) in [6, 6.07) is 22.5. The average Bonchev–Trinajstić information content (AvgIpc) is 3.59. The van der Waals surface area contributed by atoms with Crippen molar-refractivity contribution in [3.63, 3.8) is 0 Å². The fraction of sp³-hybridized carbons (Fsp3) is 0.324. The Kier molecular flexibility index (Phi) is 7.85. The standard InChI is InChI=1S/C34H34FN7O4/c1-21-17-25-23(18-36)11-8-12-27(25)41(21)31-37-30(40(33(45)46-34(2,3)4)19-22-9-6-5-7-10-22)29-14-13-28(42(29)38-31)24-15-16-39(32(43)44)20-26(24)35/h5-14,17,24,26H,15-16,19-20H2,1-4H3,(H,43,44). The molecular formula is C34H34FN7O4. The van der Waals surface area contributed by atoms with Gasteiger partial charge in [-0.05, 0) is 70.0 Å². The zero-order chi connectivity index (χ0) is 32.7. The number of halogens is 1. The molecule has 0 bridgehead atoms. The highest BCUT2D eigenvalue weighted by Crippen LogP contribution is 2.35. The number of hydrogen-bond donors (Lipinski definition) is 1. The van der Waals surface area contributed by atoms with E-state index in [0.717, 1.165) is 21.5 Å². The minimum absolute atomic E-state index is 0.134. The lowest BCUT2D eigenvalue weighted by atomic mass is 9.92. The molecule has 1 fully saturated rings. The number of carboxylic acid groups (broad SMARTS) is 1. The van der Waals surface area contributed by atoms with Crippen molar-refractivity contribution >= 4 is 34.4 Å². The molecule has 236 valence electrons. The number of likely N-dealkylation sites (tertiary alicyclic amines) is 1. The van der Waals surface area contributed by atoms with Crippen molar-refractivity contribution < 1.29 is 23.8 Å². The summed E-state index contributed by atoms with van der Waals surface area (Å²) >= 11 is 0. The molecule has 2 aromatic carbocycles. The smallest absolute Gasteiger partial charge is 0.416 e. The third-order valence-electron chi connectivity index (χ3n) is 8.10. The summed E-state index contributed by atoms with van der Waals surface area (Å²) in [4.78, 5) is 33.0. The predicted octanol–water partition coefficient (Wildman–Crippen LogP) is 6.60. The summed E-state index contributed by atoms with van der Waals surface area (Å²) in [5.74, 6) is -0.182. The number of aryl methyl sites for hydroxylation is 1. The van der Waals surface area contributed by atoms with Gasteiger partial charge < -0.3 is 14.7 Å². The number of ether oxygens (including phenoxy) is 1. The molecule has 4 heterocycles. The number of rotatable bonds is 5. The first-order valence-corrected chi connectivity index (χ1v) is 15.0. The van der Waals surface area contributed by atoms with Crippen LogP contribution in [0.2, 0.25) is 0 Å². The van der Waals surface area contributed by atoms with Crippen LogP contribution in [0.4, 0.5) is 19.8 Å². The topological polar surface area (TPSA) is 129 Å². The molecule has 46 heavy (non-hydrogen) atoms. The molecule has 0 radical (unpaired) electrons. The van der Waals surface area contributed by atoms with Crippen molar-refractivity contribution in [3.05, 3.63) is 89.2 Å². The van der Waals surface area contributed by atoms with Gasteiger partial charge in [-0.15, -0.1) is 5.10 Å². The van der Waals surface area contributed by atoms with E-state index in [1.54, 1.807) is 54.1 Å². The van der Waals surface area contributed by atoms with Crippen LogP contribution in [0, 0.1) is 18.3 Å². The molecule has 0 aliphatic carbocycles. The number of nitriles is 1. The summed E-state index contributed by atoms with van der Waals surface area (Å²) < 4.78 is 24.9. The van der Waals surface area contributed by atoms with Gasteiger partial charge in [-0.25, -0.2) is 18.5 Å². The average molecular weight is 624 g/mol. The highest BCUT2D eigenvalue weighted by Gasteiger charge is 2.36. The third-order valence-corrected chi connectivity index (χ3v) is 8.10.